The lowest BCUT2D eigenvalue weighted by Gasteiger charge is -2.12. The second-order valence-corrected chi connectivity index (χ2v) is 6.11. The van der Waals surface area contributed by atoms with Crippen molar-refractivity contribution in [1.29, 1.82) is 0 Å². The van der Waals surface area contributed by atoms with Crippen molar-refractivity contribution in [2.24, 2.45) is 5.73 Å². The molecule has 5 heteroatoms. The van der Waals surface area contributed by atoms with Crippen LogP contribution < -0.4 is 11.1 Å². The Morgan fingerprint density at radius 1 is 1.32 bits per heavy atom. The SMILES string of the molecule is Cc1ccc(C(N)C(=O)NCc2ccc(Cl)s2)cc1. The predicted molar refractivity (Wildman–Crippen MR) is 79.3 cm³/mol. The van der Waals surface area contributed by atoms with Gasteiger partial charge in [0.25, 0.3) is 0 Å². The fraction of sp³-hybridized carbons (Fsp3) is 0.214. The molecular formula is C14H15ClN2OS. The number of thiophene rings is 1. The summed E-state index contributed by atoms with van der Waals surface area (Å²) >= 11 is 7.28. The van der Waals surface area contributed by atoms with Gasteiger partial charge in [-0.05, 0) is 24.6 Å². The van der Waals surface area contributed by atoms with E-state index in [1.54, 1.807) is 0 Å². The van der Waals surface area contributed by atoms with Gasteiger partial charge in [0.05, 0.1) is 10.9 Å². The number of hydrogen-bond donors (Lipinski definition) is 2. The molecule has 1 aromatic carbocycles. The van der Waals surface area contributed by atoms with Crippen LogP contribution in [0.1, 0.15) is 22.0 Å². The fourth-order valence-corrected chi connectivity index (χ4v) is 2.68. The van der Waals surface area contributed by atoms with Crippen molar-refractivity contribution in [2.45, 2.75) is 19.5 Å². The van der Waals surface area contributed by atoms with Crippen molar-refractivity contribution in [3.8, 4) is 0 Å². The second kappa shape index (κ2) is 6.19. The number of benzene rings is 1. The first-order valence-electron chi connectivity index (χ1n) is 5.90. The van der Waals surface area contributed by atoms with Gasteiger partial charge in [-0.3, -0.25) is 4.79 Å². The molecule has 100 valence electrons. The summed E-state index contributed by atoms with van der Waals surface area (Å²) in [5, 5.41) is 2.81. The monoisotopic (exact) mass is 294 g/mol. The smallest absolute Gasteiger partial charge is 0.241 e. The van der Waals surface area contributed by atoms with Crippen LogP contribution in [0.3, 0.4) is 0 Å². The van der Waals surface area contributed by atoms with E-state index in [1.165, 1.54) is 11.3 Å². The van der Waals surface area contributed by atoms with Gasteiger partial charge in [0, 0.05) is 4.88 Å². The van der Waals surface area contributed by atoms with Crippen LogP contribution >= 0.6 is 22.9 Å². The zero-order valence-corrected chi connectivity index (χ0v) is 12.1. The summed E-state index contributed by atoms with van der Waals surface area (Å²) in [6.07, 6.45) is 0. The van der Waals surface area contributed by atoms with Crippen molar-refractivity contribution in [3.05, 3.63) is 56.7 Å². The molecule has 0 aliphatic heterocycles. The van der Waals surface area contributed by atoms with E-state index in [1.807, 2.05) is 43.3 Å². The molecule has 1 amide bonds. The Labute approximate surface area is 121 Å². The van der Waals surface area contributed by atoms with Crippen molar-refractivity contribution >= 4 is 28.8 Å². The average molecular weight is 295 g/mol. The molecule has 0 aliphatic rings. The Kier molecular flexibility index (Phi) is 4.58. The first kappa shape index (κ1) is 14.1. The van der Waals surface area contributed by atoms with E-state index in [0.717, 1.165) is 16.0 Å². The highest BCUT2D eigenvalue weighted by molar-refractivity contribution is 7.16. The van der Waals surface area contributed by atoms with E-state index < -0.39 is 6.04 Å². The third-order valence-corrected chi connectivity index (χ3v) is 4.02. The Balaban J connectivity index is 1.94. The van der Waals surface area contributed by atoms with Gasteiger partial charge < -0.3 is 11.1 Å². The lowest BCUT2D eigenvalue weighted by Crippen LogP contribution is -2.33. The molecule has 0 radical (unpaired) electrons. The second-order valence-electron chi connectivity index (χ2n) is 4.31. The summed E-state index contributed by atoms with van der Waals surface area (Å²) in [6, 6.07) is 10.7. The van der Waals surface area contributed by atoms with E-state index in [-0.39, 0.29) is 5.91 Å². The Bertz CT molecular complexity index is 565. The van der Waals surface area contributed by atoms with Crippen LogP contribution in [-0.2, 0) is 11.3 Å². The fourth-order valence-electron chi connectivity index (χ4n) is 1.66. The lowest BCUT2D eigenvalue weighted by atomic mass is 10.1. The minimum absolute atomic E-state index is 0.187. The molecule has 1 aromatic heterocycles. The first-order valence-corrected chi connectivity index (χ1v) is 7.10. The minimum atomic E-state index is -0.643. The van der Waals surface area contributed by atoms with Gasteiger partial charge in [-0.15, -0.1) is 11.3 Å². The maximum atomic E-state index is 11.9. The summed E-state index contributed by atoms with van der Waals surface area (Å²) in [5.74, 6) is -0.187. The molecule has 0 spiro atoms. The highest BCUT2D eigenvalue weighted by atomic mass is 35.5. The van der Waals surface area contributed by atoms with Crippen LogP contribution in [0.15, 0.2) is 36.4 Å². The number of carbonyl (C=O) groups is 1. The standard InChI is InChI=1S/C14H15ClN2OS/c1-9-2-4-10(5-3-9)13(16)14(18)17-8-11-6-7-12(15)19-11/h2-7,13H,8,16H2,1H3,(H,17,18). The molecular weight excluding hydrogens is 280 g/mol. The van der Waals surface area contributed by atoms with E-state index in [4.69, 9.17) is 17.3 Å². The Morgan fingerprint density at radius 3 is 2.58 bits per heavy atom. The molecule has 0 bridgehead atoms. The predicted octanol–water partition coefficient (Wildman–Crippen LogP) is 3.03. The zero-order valence-electron chi connectivity index (χ0n) is 10.5. The van der Waals surface area contributed by atoms with Gasteiger partial charge in [-0.1, -0.05) is 41.4 Å². The minimum Gasteiger partial charge on any atom is -0.350 e. The highest BCUT2D eigenvalue weighted by Crippen LogP contribution is 2.21. The third kappa shape index (κ3) is 3.80. The Hall–Kier alpha value is -1.36. The lowest BCUT2D eigenvalue weighted by molar-refractivity contribution is -0.122. The highest BCUT2D eigenvalue weighted by Gasteiger charge is 2.15. The molecule has 0 aliphatic carbocycles. The van der Waals surface area contributed by atoms with Crippen molar-refractivity contribution in [2.75, 3.05) is 0 Å². The molecule has 0 saturated carbocycles. The molecule has 3 N–H and O–H groups in total. The quantitative estimate of drug-likeness (QED) is 0.911. The van der Waals surface area contributed by atoms with Gasteiger partial charge >= 0.3 is 0 Å². The van der Waals surface area contributed by atoms with Crippen molar-refractivity contribution in [3.63, 3.8) is 0 Å². The van der Waals surface area contributed by atoms with E-state index in [9.17, 15) is 4.79 Å². The molecule has 2 rings (SSSR count). The zero-order chi connectivity index (χ0) is 13.8. The van der Waals surface area contributed by atoms with Crippen molar-refractivity contribution in [1.82, 2.24) is 5.32 Å². The largest absolute Gasteiger partial charge is 0.350 e. The number of carbonyl (C=O) groups excluding carboxylic acids is 1. The molecule has 0 saturated heterocycles. The maximum absolute atomic E-state index is 11.9. The average Bonchev–Trinajstić information content (AvgIpc) is 2.82. The summed E-state index contributed by atoms with van der Waals surface area (Å²) in [5.41, 5.74) is 7.88. The molecule has 2 aromatic rings. The van der Waals surface area contributed by atoms with Crippen LogP contribution in [0.4, 0.5) is 0 Å². The maximum Gasteiger partial charge on any atom is 0.241 e. The number of aryl methyl sites for hydroxylation is 1. The van der Waals surface area contributed by atoms with Crippen LogP contribution in [0, 0.1) is 6.92 Å². The third-order valence-electron chi connectivity index (χ3n) is 2.78. The summed E-state index contributed by atoms with van der Waals surface area (Å²) in [4.78, 5) is 13.0. The van der Waals surface area contributed by atoms with E-state index in [2.05, 4.69) is 5.32 Å². The first-order chi connectivity index (χ1) is 9.06. The van der Waals surface area contributed by atoms with E-state index in [0.29, 0.717) is 10.9 Å². The van der Waals surface area contributed by atoms with Crippen molar-refractivity contribution < 1.29 is 4.79 Å². The van der Waals surface area contributed by atoms with Crippen LogP contribution in [-0.4, -0.2) is 5.91 Å². The number of hydrogen-bond acceptors (Lipinski definition) is 3. The molecule has 1 unspecified atom stereocenters. The molecule has 0 fully saturated rings. The van der Waals surface area contributed by atoms with Crippen LogP contribution in [0.5, 0.6) is 0 Å². The number of nitrogens with two attached hydrogens (primary N) is 1. The van der Waals surface area contributed by atoms with E-state index >= 15 is 0 Å². The normalized spacial score (nSPS) is 12.2. The molecule has 3 nitrogen and oxygen atoms in total. The van der Waals surface area contributed by atoms with Crippen LogP contribution in [0.25, 0.3) is 0 Å². The topological polar surface area (TPSA) is 55.1 Å². The molecule has 19 heavy (non-hydrogen) atoms. The van der Waals surface area contributed by atoms with Gasteiger partial charge in [-0.25, -0.2) is 0 Å². The van der Waals surface area contributed by atoms with Gasteiger partial charge in [-0.2, -0.15) is 0 Å². The number of nitrogens with one attached hydrogen (secondary N) is 1. The molecule has 1 atom stereocenters. The summed E-state index contributed by atoms with van der Waals surface area (Å²) < 4.78 is 0.715. The van der Waals surface area contributed by atoms with Crippen LogP contribution in [0.2, 0.25) is 4.34 Å². The summed E-state index contributed by atoms with van der Waals surface area (Å²) in [7, 11) is 0. The van der Waals surface area contributed by atoms with Gasteiger partial charge in [0.15, 0.2) is 0 Å². The Morgan fingerprint density at radius 2 is 2.00 bits per heavy atom. The number of rotatable bonds is 4. The summed E-state index contributed by atoms with van der Waals surface area (Å²) in [6.45, 7) is 2.45. The molecule has 1 heterocycles. The van der Waals surface area contributed by atoms with Gasteiger partial charge in [0.2, 0.25) is 5.91 Å². The number of amides is 1. The number of halogens is 1. The van der Waals surface area contributed by atoms with Gasteiger partial charge in [0.1, 0.15) is 6.04 Å².